The summed E-state index contributed by atoms with van der Waals surface area (Å²) in [5.41, 5.74) is 6.01. The van der Waals surface area contributed by atoms with Crippen LogP contribution in [0.15, 0.2) is 23.1 Å². The van der Waals surface area contributed by atoms with Gasteiger partial charge in [-0.1, -0.05) is 6.07 Å². The molecule has 1 heterocycles. The third-order valence-corrected chi connectivity index (χ3v) is 4.77. The number of β-amino-alcohol motifs (C(OH)–C–C–N with tert-alkyl or cyclic N) is 1. The fourth-order valence-electron chi connectivity index (χ4n) is 1.79. The Labute approximate surface area is 105 Å². The molecule has 0 spiro atoms. The van der Waals surface area contributed by atoms with Crippen LogP contribution in [0.1, 0.15) is 15.9 Å². The van der Waals surface area contributed by atoms with Gasteiger partial charge in [0, 0.05) is 18.7 Å². The van der Waals surface area contributed by atoms with E-state index < -0.39 is 22.0 Å². The molecule has 0 unspecified atom stereocenters. The van der Waals surface area contributed by atoms with Gasteiger partial charge in [-0.2, -0.15) is 4.31 Å². The molecule has 0 bridgehead atoms. The Hall–Kier alpha value is -1.44. The summed E-state index contributed by atoms with van der Waals surface area (Å²) in [7, 11) is -3.64. The minimum atomic E-state index is -3.64. The molecular formula is C11H14N2O4S. The lowest BCUT2D eigenvalue weighted by Crippen LogP contribution is -2.53. The van der Waals surface area contributed by atoms with Crippen molar-refractivity contribution in [3.05, 3.63) is 29.3 Å². The molecule has 1 amide bonds. The van der Waals surface area contributed by atoms with Gasteiger partial charge in [0.1, 0.15) is 0 Å². The number of aliphatic hydroxyl groups is 1. The van der Waals surface area contributed by atoms with Crippen LogP contribution in [0.25, 0.3) is 0 Å². The Morgan fingerprint density at radius 2 is 2.06 bits per heavy atom. The summed E-state index contributed by atoms with van der Waals surface area (Å²) in [6.45, 7) is 1.86. The number of primary amides is 1. The van der Waals surface area contributed by atoms with Crippen molar-refractivity contribution in [2.24, 2.45) is 5.73 Å². The number of amides is 1. The predicted octanol–water partition coefficient (Wildman–Crippen LogP) is -0.541. The third kappa shape index (κ3) is 2.12. The Kier molecular flexibility index (Phi) is 3.14. The van der Waals surface area contributed by atoms with E-state index in [0.29, 0.717) is 5.56 Å². The van der Waals surface area contributed by atoms with Gasteiger partial charge in [0.05, 0.1) is 11.0 Å². The van der Waals surface area contributed by atoms with Gasteiger partial charge in [-0.15, -0.1) is 0 Å². The number of carbonyl (C=O) groups is 1. The summed E-state index contributed by atoms with van der Waals surface area (Å²) in [5.74, 6) is -0.659. The highest BCUT2D eigenvalue weighted by molar-refractivity contribution is 7.89. The monoisotopic (exact) mass is 270 g/mol. The van der Waals surface area contributed by atoms with Gasteiger partial charge in [0.25, 0.3) is 0 Å². The van der Waals surface area contributed by atoms with E-state index in [4.69, 9.17) is 10.8 Å². The molecule has 2 rings (SSSR count). The summed E-state index contributed by atoms with van der Waals surface area (Å²) in [6.07, 6.45) is -0.610. The minimum Gasteiger partial charge on any atom is -0.390 e. The zero-order chi connectivity index (χ0) is 13.5. The van der Waals surface area contributed by atoms with Crippen LogP contribution >= 0.6 is 0 Å². The number of nitrogens with two attached hydrogens (primary N) is 1. The lowest BCUT2D eigenvalue weighted by molar-refractivity contribution is 0.0548. The van der Waals surface area contributed by atoms with Crippen LogP contribution in [0.2, 0.25) is 0 Å². The van der Waals surface area contributed by atoms with E-state index in [2.05, 4.69) is 0 Å². The van der Waals surface area contributed by atoms with Crippen LogP contribution in [-0.4, -0.2) is 42.9 Å². The minimum absolute atomic E-state index is 0.0220. The maximum absolute atomic E-state index is 12.1. The van der Waals surface area contributed by atoms with E-state index in [-0.39, 0.29) is 23.5 Å². The summed E-state index contributed by atoms with van der Waals surface area (Å²) in [4.78, 5) is 11.2. The number of nitrogens with zero attached hydrogens (tertiary/aromatic N) is 1. The van der Waals surface area contributed by atoms with Crippen LogP contribution in [-0.2, 0) is 10.0 Å². The molecule has 1 aliphatic heterocycles. The van der Waals surface area contributed by atoms with E-state index in [0.717, 1.165) is 4.31 Å². The van der Waals surface area contributed by atoms with Crippen LogP contribution < -0.4 is 5.73 Å². The van der Waals surface area contributed by atoms with Crippen molar-refractivity contribution >= 4 is 15.9 Å². The molecule has 1 aromatic rings. The SMILES string of the molecule is Cc1ccc(S(=O)(=O)N2CC(O)C2)cc1C(N)=O. The van der Waals surface area contributed by atoms with Crippen molar-refractivity contribution in [3.8, 4) is 0 Å². The van der Waals surface area contributed by atoms with Crippen molar-refractivity contribution in [1.29, 1.82) is 0 Å². The first kappa shape index (κ1) is 13.0. The molecule has 0 aliphatic carbocycles. The van der Waals surface area contributed by atoms with Gasteiger partial charge in [0.2, 0.25) is 15.9 Å². The van der Waals surface area contributed by atoms with Crippen molar-refractivity contribution in [2.45, 2.75) is 17.9 Å². The number of rotatable bonds is 3. The molecule has 18 heavy (non-hydrogen) atoms. The largest absolute Gasteiger partial charge is 0.390 e. The molecule has 6 nitrogen and oxygen atoms in total. The molecule has 0 atom stereocenters. The van der Waals surface area contributed by atoms with Crippen LogP contribution in [0.3, 0.4) is 0 Å². The zero-order valence-corrected chi connectivity index (χ0v) is 10.6. The lowest BCUT2D eigenvalue weighted by atomic mass is 10.1. The molecule has 7 heteroatoms. The van der Waals surface area contributed by atoms with Crippen LogP contribution in [0.4, 0.5) is 0 Å². The van der Waals surface area contributed by atoms with E-state index >= 15 is 0 Å². The number of benzene rings is 1. The molecule has 0 aromatic heterocycles. The maximum Gasteiger partial charge on any atom is 0.249 e. The Morgan fingerprint density at radius 1 is 1.44 bits per heavy atom. The Morgan fingerprint density at radius 3 is 2.56 bits per heavy atom. The first-order chi connectivity index (χ1) is 8.32. The number of hydrogen-bond donors (Lipinski definition) is 2. The van der Waals surface area contributed by atoms with E-state index in [9.17, 15) is 13.2 Å². The number of aliphatic hydroxyl groups excluding tert-OH is 1. The average Bonchev–Trinajstić information content (AvgIpc) is 2.24. The first-order valence-electron chi connectivity index (χ1n) is 5.41. The second kappa shape index (κ2) is 4.34. The van der Waals surface area contributed by atoms with E-state index in [1.165, 1.54) is 12.1 Å². The standard InChI is InChI=1S/C11H14N2O4S/c1-7-2-3-9(4-10(7)11(12)15)18(16,17)13-5-8(14)6-13/h2-4,8,14H,5-6H2,1H3,(H2,12,15). The van der Waals surface area contributed by atoms with Crippen molar-refractivity contribution in [1.82, 2.24) is 4.31 Å². The van der Waals surface area contributed by atoms with Gasteiger partial charge in [-0.25, -0.2) is 8.42 Å². The topological polar surface area (TPSA) is 101 Å². The fourth-order valence-corrected chi connectivity index (χ4v) is 3.33. The van der Waals surface area contributed by atoms with Crippen LogP contribution in [0.5, 0.6) is 0 Å². The number of sulfonamides is 1. The molecule has 0 saturated carbocycles. The Balaban J connectivity index is 2.40. The van der Waals surface area contributed by atoms with E-state index in [1.807, 2.05) is 0 Å². The van der Waals surface area contributed by atoms with Gasteiger partial charge in [-0.3, -0.25) is 4.79 Å². The highest BCUT2D eigenvalue weighted by atomic mass is 32.2. The van der Waals surface area contributed by atoms with Crippen molar-refractivity contribution < 1.29 is 18.3 Å². The molecule has 3 N–H and O–H groups in total. The number of aryl methyl sites for hydroxylation is 1. The molecule has 0 radical (unpaired) electrons. The zero-order valence-electron chi connectivity index (χ0n) is 9.83. The van der Waals surface area contributed by atoms with Crippen molar-refractivity contribution in [3.63, 3.8) is 0 Å². The second-order valence-electron chi connectivity index (χ2n) is 4.32. The van der Waals surface area contributed by atoms with Gasteiger partial charge in [-0.05, 0) is 24.6 Å². The smallest absolute Gasteiger partial charge is 0.249 e. The molecule has 98 valence electrons. The number of carbonyl (C=O) groups excluding carboxylic acids is 1. The summed E-state index contributed by atoms with van der Waals surface area (Å²) in [5, 5.41) is 9.14. The summed E-state index contributed by atoms with van der Waals surface area (Å²) >= 11 is 0. The van der Waals surface area contributed by atoms with Crippen LogP contribution in [0, 0.1) is 6.92 Å². The summed E-state index contributed by atoms with van der Waals surface area (Å²) < 4.78 is 25.4. The van der Waals surface area contributed by atoms with Gasteiger partial charge < -0.3 is 10.8 Å². The molecule has 1 saturated heterocycles. The van der Waals surface area contributed by atoms with E-state index in [1.54, 1.807) is 13.0 Å². The second-order valence-corrected chi connectivity index (χ2v) is 6.25. The highest BCUT2D eigenvalue weighted by Gasteiger charge is 2.35. The summed E-state index contributed by atoms with van der Waals surface area (Å²) in [6, 6.07) is 4.25. The fraction of sp³-hybridized carbons (Fsp3) is 0.364. The highest BCUT2D eigenvalue weighted by Crippen LogP contribution is 2.23. The molecular weight excluding hydrogens is 256 g/mol. The normalized spacial score (nSPS) is 17.4. The molecule has 1 fully saturated rings. The Bertz CT molecular complexity index is 591. The van der Waals surface area contributed by atoms with Gasteiger partial charge >= 0.3 is 0 Å². The molecule has 1 aliphatic rings. The molecule has 1 aromatic carbocycles. The van der Waals surface area contributed by atoms with Gasteiger partial charge in [0.15, 0.2) is 0 Å². The quantitative estimate of drug-likeness (QED) is 0.770. The average molecular weight is 270 g/mol. The first-order valence-corrected chi connectivity index (χ1v) is 6.85. The third-order valence-electron chi connectivity index (χ3n) is 2.94. The predicted molar refractivity (Wildman–Crippen MR) is 64.5 cm³/mol. The number of hydrogen-bond acceptors (Lipinski definition) is 4. The lowest BCUT2D eigenvalue weighted by Gasteiger charge is -2.34. The van der Waals surface area contributed by atoms with Crippen molar-refractivity contribution in [2.75, 3.05) is 13.1 Å². The maximum atomic E-state index is 12.1.